The van der Waals surface area contributed by atoms with Crippen molar-refractivity contribution < 1.29 is 9.47 Å². The van der Waals surface area contributed by atoms with Gasteiger partial charge in [-0.05, 0) is 73.1 Å². The zero-order valence-electron chi connectivity index (χ0n) is 12.8. The van der Waals surface area contributed by atoms with E-state index < -0.39 is 0 Å². The van der Waals surface area contributed by atoms with E-state index in [0.29, 0.717) is 12.0 Å². The summed E-state index contributed by atoms with van der Waals surface area (Å²) < 4.78 is 13.0. The zero-order valence-corrected chi connectivity index (χ0v) is 15.2. The molecule has 2 aliphatic heterocycles. The smallest absolute Gasteiger partial charge is 0.0731 e. The summed E-state index contributed by atoms with van der Waals surface area (Å²) in [6, 6.07) is 2.76. The van der Waals surface area contributed by atoms with Gasteiger partial charge in [-0.2, -0.15) is 0 Å². The van der Waals surface area contributed by atoms with E-state index in [1.165, 1.54) is 14.2 Å². The number of nitrogens with one attached hydrogen (secondary N) is 1. The largest absolute Gasteiger partial charge is 0.381 e. The Morgan fingerprint density at radius 3 is 2.76 bits per heavy atom. The fourth-order valence-electron chi connectivity index (χ4n) is 3.69. The Morgan fingerprint density at radius 2 is 2.14 bits per heavy atom. The fourth-order valence-corrected chi connectivity index (χ4v) is 5.46. The van der Waals surface area contributed by atoms with Gasteiger partial charge in [0, 0.05) is 30.7 Å². The van der Waals surface area contributed by atoms with E-state index in [4.69, 9.17) is 9.47 Å². The van der Waals surface area contributed by atoms with Crippen LogP contribution in [0.2, 0.25) is 0 Å². The van der Waals surface area contributed by atoms with Gasteiger partial charge in [0.2, 0.25) is 0 Å². The first-order valence-electron chi connectivity index (χ1n) is 7.78. The van der Waals surface area contributed by atoms with Crippen LogP contribution in [0, 0.1) is 12.8 Å². The van der Waals surface area contributed by atoms with Crippen molar-refractivity contribution in [1.82, 2.24) is 5.32 Å². The third-order valence-electron chi connectivity index (χ3n) is 4.90. The van der Waals surface area contributed by atoms with Crippen LogP contribution >= 0.6 is 27.3 Å². The summed E-state index contributed by atoms with van der Waals surface area (Å²) in [7, 11) is 2.08. The van der Waals surface area contributed by atoms with E-state index in [1.54, 1.807) is 0 Å². The molecule has 0 amide bonds. The molecule has 1 N–H and O–H groups in total. The van der Waals surface area contributed by atoms with E-state index in [2.05, 4.69) is 41.3 Å². The molecular weight excluding hydrogens is 350 g/mol. The molecule has 0 aliphatic carbocycles. The van der Waals surface area contributed by atoms with Crippen LogP contribution in [-0.2, 0) is 9.47 Å². The Labute approximate surface area is 139 Å². The molecule has 3 rings (SSSR count). The summed E-state index contributed by atoms with van der Waals surface area (Å²) in [4.78, 5) is 1.44. The van der Waals surface area contributed by atoms with Crippen LogP contribution in [0.5, 0.6) is 0 Å². The van der Waals surface area contributed by atoms with Crippen molar-refractivity contribution in [1.29, 1.82) is 0 Å². The molecule has 1 aromatic heterocycles. The van der Waals surface area contributed by atoms with E-state index >= 15 is 0 Å². The minimum absolute atomic E-state index is 0.0692. The molecule has 0 bridgehead atoms. The van der Waals surface area contributed by atoms with Gasteiger partial charge in [-0.1, -0.05) is 0 Å². The highest BCUT2D eigenvalue weighted by Crippen LogP contribution is 2.43. The minimum Gasteiger partial charge on any atom is -0.381 e. The SMILES string of the molecule is CNC(c1cc(C)c(Br)s1)C1CCOC2(CCOCC2)C1. The van der Waals surface area contributed by atoms with Gasteiger partial charge in [-0.3, -0.25) is 0 Å². The predicted molar refractivity (Wildman–Crippen MR) is 90.0 cm³/mol. The number of thiophene rings is 1. The molecule has 2 aliphatic rings. The molecule has 0 saturated carbocycles. The lowest BCUT2D eigenvalue weighted by molar-refractivity contribution is -0.150. The quantitative estimate of drug-likeness (QED) is 0.866. The normalized spacial score (nSPS) is 26.9. The second kappa shape index (κ2) is 6.67. The molecule has 3 nitrogen and oxygen atoms in total. The Bertz CT molecular complexity index is 460. The highest BCUT2D eigenvalue weighted by atomic mass is 79.9. The van der Waals surface area contributed by atoms with Gasteiger partial charge in [-0.15, -0.1) is 11.3 Å². The maximum Gasteiger partial charge on any atom is 0.0731 e. The first kappa shape index (κ1) is 15.9. The highest BCUT2D eigenvalue weighted by Gasteiger charge is 2.41. The molecule has 2 fully saturated rings. The third kappa shape index (κ3) is 3.37. The third-order valence-corrected chi connectivity index (χ3v) is 7.12. The number of halogens is 1. The van der Waals surface area contributed by atoms with Crippen LogP contribution in [0.4, 0.5) is 0 Å². The summed E-state index contributed by atoms with van der Waals surface area (Å²) >= 11 is 5.52. The standard InChI is InChI=1S/C16H24BrNO2S/c1-11-9-13(21-15(11)17)14(18-2)12-3-6-20-16(10-12)4-7-19-8-5-16/h9,12,14,18H,3-8,10H2,1-2H3. The van der Waals surface area contributed by atoms with Gasteiger partial charge in [0.05, 0.1) is 9.39 Å². The Morgan fingerprint density at radius 1 is 1.38 bits per heavy atom. The number of aryl methyl sites for hydroxylation is 1. The number of rotatable bonds is 3. The van der Waals surface area contributed by atoms with Crippen LogP contribution in [-0.4, -0.2) is 32.5 Å². The molecule has 2 unspecified atom stereocenters. The molecule has 5 heteroatoms. The second-order valence-electron chi connectivity index (χ2n) is 6.27. The monoisotopic (exact) mass is 373 g/mol. The molecule has 118 valence electrons. The molecule has 2 saturated heterocycles. The molecule has 0 radical (unpaired) electrons. The van der Waals surface area contributed by atoms with Crippen LogP contribution in [0.15, 0.2) is 9.85 Å². The molecule has 21 heavy (non-hydrogen) atoms. The van der Waals surface area contributed by atoms with Crippen LogP contribution < -0.4 is 5.32 Å². The van der Waals surface area contributed by atoms with Crippen molar-refractivity contribution in [2.45, 2.75) is 44.2 Å². The van der Waals surface area contributed by atoms with Crippen molar-refractivity contribution in [2.75, 3.05) is 26.9 Å². The average molecular weight is 374 g/mol. The summed E-state index contributed by atoms with van der Waals surface area (Å²) in [5, 5.41) is 3.55. The number of hydrogen-bond donors (Lipinski definition) is 1. The van der Waals surface area contributed by atoms with Crippen molar-refractivity contribution in [3.63, 3.8) is 0 Å². The minimum atomic E-state index is 0.0692. The number of ether oxygens (including phenoxy) is 2. The van der Waals surface area contributed by atoms with E-state index in [1.807, 2.05) is 11.3 Å². The summed E-state index contributed by atoms with van der Waals surface area (Å²) in [6.07, 6.45) is 4.39. The summed E-state index contributed by atoms with van der Waals surface area (Å²) in [6.45, 7) is 4.75. The van der Waals surface area contributed by atoms with Crippen molar-refractivity contribution in [3.8, 4) is 0 Å². The Balaban J connectivity index is 1.77. The van der Waals surface area contributed by atoms with Gasteiger partial charge in [0.1, 0.15) is 0 Å². The first-order valence-corrected chi connectivity index (χ1v) is 9.39. The van der Waals surface area contributed by atoms with Gasteiger partial charge in [-0.25, -0.2) is 0 Å². The van der Waals surface area contributed by atoms with Crippen LogP contribution in [0.3, 0.4) is 0 Å². The van der Waals surface area contributed by atoms with Crippen LogP contribution in [0.25, 0.3) is 0 Å². The average Bonchev–Trinajstić information content (AvgIpc) is 2.80. The molecule has 1 spiro atoms. The van der Waals surface area contributed by atoms with E-state index in [9.17, 15) is 0 Å². The van der Waals surface area contributed by atoms with E-state index in [0.717, 1.165) is 45.5 Å². The van der Waals surface area contributed by atoms with Crippen molar-refractivity contribution in [3.05, 3.63) is 20.3 Å². The lowest BCUT2D eigenvalue weighted by atomic mass is 9.77. The predicted octanol–water partition coefficient (Wildman–Crippen LogP) is 4.06. The Kier molecular flexibility index (Phi) is 5.06. The van der Waals surface area contributed by atoms with E-state index in [-0.39, 0.29) is 5.60 Å². The van der Waals surface area contributed by atoms with Gasteiger partial charge >= 0.3 is 0 Å². The van der Waals surface area contributed by atoms with Crippen molar-refractivity contribution in [2.24, 2.45) is 5.92 Å². The molecule has 3 heterocycles. The number of hydrogen-bond acceptors (Lipinski definition) is 4. The summed E-state index contributed by atoms with van der Waals surface area (Å²) in [5.41, 5.74) is 1.41. The van der Waals surface area contributed by atoms with Gasteiger partial charge in [0.25, 0.3) is 0 Å². The van der Waals surface area contributed by atoms with Gasteiger partial charge < -0.3 is 14.8 Å². The summed E-state index contributed by atoms with van der Waals surface area (Å²) in [5.74, 6) is 0.645. The molecular formula is C16H24BrNO2S. The fraction of sp³-hybridized carbons (Fsp3) is 0.750. The topological polar surface area (TPSA) is 30.5 Å². The lowest BCUT2D eigenvalue weighted by Gasteiger charge is -2.45. The Hall–Kier alpha value is 0.0600. The maximum atomic E-state index is 6.18. The van der Waals surface area contributed by atoms with Crippen molar-refractivity contribution >= 4 is 27.3 Å². The lowest BCUT2D eigenvalue weighted by Crippen LogP contribution is -2.46. The van der Waals surface area contributed by atoms with Gasteiger partial charge in [0.15, 0.2) is 0 Å². The maximum absolute atomic E-state index is 6.18. The van der Waals surface area contributed by atoms with Crippen LogP contribution in [0.1, 0.15) is 42.2 Å². The molecule has 2 atom stereocenters. The second-order valence-corrected chi connectivity index (χ2v) is 8.67. The molecule has 1 aromatic rings. The highest BCUT2D eigenvalue weighted by molar-refractivity contribution is 9.11. The molecule has 0 aromatic carbocycles. The zero-order chi connectivity index (χ0) is 14.9. The first-order chi connectivity index (χ1) is 10.1.